The Labute approximate surface area is 211 Å². The molecule has 9 heteroatoms. The van der Waals surface area contributed by atoms with Gasteiger partial charge in [0, 0.05) is 35.9 Å². The first-order valence-electron chi connectivity index (χ1n) is 11.3. The van der Waals surface area contributed by atoms with Crippen molar-refractivity contribution in [2.75, 3.05) is 21.6 Å². The number of anilines is 3. The van der Waals surface area contributed by atoms with Crippen LogP contribution in [0.4, 0.5) is 17.2 Å². The Morgan fingerprint density at radius 3 is 2.39 bits per heavy atom. The maximum atomic E-state index is 13.1. The fourth-order valence-corrected chi connectivity index (χ4v) is 4.35. The normalized spacial score (nSPS) is 11.7. The minimum Gasteiger partial charge on any atom is -0.364 e. The lowest BCUT2D eigenvalue weighted by molar-refractivity contribution is 0.101. The topological polar surface area (TPSA) is 100 Å². The summed E-state index contributed by atoms with van der Waals surface area (Å²) in [7, 11) is -1.22. The van der Waals surface area contributed by atoms with Crippen molar-refractivity contribution in [2.24, 2.45) is 0 Å². The van der Waals surface area contributed by atoms with Gasteiger partial charge in [0.2, 0.25) is 5.82 Å². The summed E-state index contributed by atoms with van der Waals surface area (Å²) < 4.78 is 16.0. The molecule has 1 atom stereocenters. The Morgan fingerprint density at radius 2 is 1.64 bits per heavy atom. The van der Waals surface area contributed by atoms with E-state index in [1.807, 2.05) is 72.9 Å². The maximum absolute atomic E-state index is 13.1. The van der Waals surface area contributed by atoms with Gasteiger partial charge in [-0.2, -0.15) is 0 Å². The summed E-state index contributed by atoms with van der Waals surface area (Å²) in [6, 6.07) is 28.9. The Balaban J connectivity index is 1.50. The van der Waals surface area contributed by atoms with Gasteiger partial charge in [-0.1, -0.05) is 66.7 Å². The van der Waals surface area contributed by atoms with Crippen LogP contribution in [-0.2, 0) is 17.5 Å². The lowest BCUT2D eigenvalue weighted by Gasteiger charge is -2.12. The number of carbonyl (C=O) groups excluding carboxylic acids is 1. The first kappa shape index (κ1) is 23.3. The van der Waals surface area contributed by atoms with Gasteiger partial charge in [0.1, 0.15) is 16.5 Å². The van der Waals surface area contributed by atoms with Gasteiger partial charge in [0.25, 0.3) is 5.91 Å². The molecule has 0 bridgehead atoms. The van der Waals surface area contributed by atoms with Crippen LogP contribution >= 0.6 is 0 Å². The van der Waals surface area contributed by atoms with E-state index in [-0.39, 0.29) is 5.82 Å². The zero-order valence-electron chi connectivity index (χ0n) is 19.5. The van der Waals surface area contributed by atoms with Crippen molar-refractivity contribution in [3.8, 4) is 11.1 Å². The average Bonchev–Trinajstić information content (AvgIpc) is 3.32. The van der Waals surface area contributed by atoms with Gasteiger partial charge < -0.3 is 15.4 Å². The lowest BCUT2D eigenvalue weighted by Crippen LogP contribution is -2.19. The van der Waals surface area contributed by atoms with E-state index in [2.05, 4.69) is 25.4 Å². The number of carbonyl (C=O) groups is 1. The van der Waals surface area contributed by atoms with Gasteiger partial charge >= 0.3 is 0 Å². The van der Waals surface area contributed by atoms with Crippen molar-refractivity contribution in [3.63, 3.8) is 0 Å². The van der Waals surface area contributed by atoms with E-state index in [1.54, 1.807) is 35.0 Å². The number of nitrogens with zero attached hydrogens (tertiary/aromatic N) is 3. The molecule has 0 aliphatic rings. The molecule has 180 valence electrons. The summed E-state index contributed by atoms with van der Waals surface area (Å²) in [5.74, 6) is 0.120. The van der Waals surface area contributed by atoms with Gasteiger partial charge in [0.15, 0.2) is 5.82 Å². The van der Waals surface area contributed by atoms with Crippen molar-refractivity contribution in [1.29, 1.82) is 0 Å². The molecular formula is C27H24N6O2S. The average molecular weight is 497 g/mol. The molecule has 0 radical (unpaired) electrons. The smallest absolute Gasteiger partial charge is 0.295 e. The molecule has 3 aromatic carbocycles. The molecule has 0 aliphatic carbocycles. The second-order valence-corrected chi connectivity index (χ2v) is 9.22. The van der Waals surface area contributed by atoms with Crippen LogP contribution in [0.3, 0.4) is 0 Å². The van der Waals surface area contributed by atoms with Gasteiger partial charge in [-0.25, -0.2) is 13.7 Å². The van der Waals surface area contributed by atoms with Crippen LogP contribution in [0.15, 0.2) is 97.2 Å². The van der Waals surface area contributed by atoms with E-state index in [9.17, 15) is 9.00 Å². The van der Waals surface area contributed by atoms with Crippen molar-refractivity contribution in [1.82, 2.24) is 14.6 Å². The molecule has 2 heterocycles. The second-order valence-electron chi connectivity index (χ2n) is 8.10. The molecule has 0 saturated carbocycles. The standard InChI is InChI=1S/C27H24N6O2S/c1-36(35)32-22-14-8-13-21(17-22)29-27(34)26-30-25(28-18-19-9-4-2-5-10-19)24-23(15-16-33(24)31-26)20-11-6-3-7-12-20/h2-17,32H,18H2,1H3,(H,29,34)(H,28,30,31). The third-order valence-corrected chi connectivity index (χ3v) is 6.01. The van der Waals surface area contributed by atoms with Crippen molar-refractivity contribution >= 4 is 39.6 Å². The summed E-state index contributed by atoms with van der Waals surface area (Å²) in [5, 5.41) is 10.7. The minimum atomic E-state index is -1.22. The third kappa shape index (κ3) is 5.26. The molecule has 5 aromatic rings. The summed E-state index contributed by atoms with van der Waals surface area (Å²) >= 11 is 0. The number of benzene rings is 3. The molecule has 3 N–H and O–H groups in total. The zero-order valence-corrected chi connectivity index (χ0v) is 20.3. The first-order valence-corrected chi connectivity index (χ1v) is 12.9. The van der Waals surface area contributed by atoms with Crippen LogP contribution in [0.25, 0.3) is 16.6 Å². The summed E-state index contributed by atoms with van der Waals surface area (Å²) in [5.41, 5.74) is 5.03. The van der Waals surface area contributed by atoms with E-state index in [1.165, 1.54) is 0 Å². The second kappa shape index (κ2) is 10.4. The highest BCUT2D eigenvalue weighted by Gasteiger charge is 2.18. The fraction of sp³-hybridized carbons (Fsp3) is 0.0741. The molecule has 36 heavy (non-hydrogen) atoms. The third-order valence-electron chi connectivity index (χ3n) is 5.48. The highest BCUT2D eigenvalue weighted by Crippen LogP contribution is 2.30. The van der Waals surface area contributed by atoms with Crippen LogP contribution in [0, 0.1) is 0 Å². The SMILES string of the molecule is CS(=O)Nc1cccc(NC(=O)c2nc(NCc3ccccc3)c3c(-c4ccccc4)ccn3n2)c1. The van der Waals surface area contributed by atoms with Gasteiger partial charge in [-0.05, 0) is 35.4 Å². The minimum absolute atomic E-state index is 0.0192. The number of rotatable bonds is 8. The Bertz CT molecular complexity index is 1540. The molecule has 1 amide bonds. The number of amides is 1. The van der Waals surface area contributed by atoms with Crippen molar-refractivity contribution < 1.29 is 9.00 Å². The van der Waals surface area contributed by atoms with E-state index in [0.29, 0.717) is 23.7 Å². The largest absolute Gasteiger partial charge is 0.364 e. The van der Waals surface area contributed by atoms with E-state index >= 15 is 0 Å². The highest BCUT2D eigenvalue weighted by molar-refractivity contribution is 7.85. The van der Waals surface area contributed by atoms with E-state index in [4.69, 9.17) is 0 Å². The Morgan fingerprint density at radius 1 is 0.917 bits per heavy atom. The van der Waals surface area contributed by atoms with Crippen LogP contribution < -0.4 is 15.4 Å². The number of hydrogen-bond acceptors (Lipinski definition) is 5. The van der Waals surface area contributed by atoms with E-state index < -0.39 is 16.9 Å². The highest BCUT2D eigenvalue weighted by atomic mass is 32.2. The number of nitrogens with one attached hydrogen (secondary N) is 3. The number of hydrogen-bond donors (Lipinski definition) is 3. The molecule has 0 saturated heterocycles. The molecular weight excluding hydrogens is 472 g/mol. The van der Waals surface area contributed by atoms with Gasteiger partial charge in [-0.15, -0.1) is 5.10 Å². The Kier molecular flexibility index (Phi) is 6.72. The number of fused-ring (bicyclic) bond motifs is 1. The molecule has 8 nitrogen and oxygen atoms in total. The van der Waals surface area contributed by atoms with Crippen LogP contribution in [0.2, 0.25) is 0 Å². The predicted octanol–water partition coefficient (Wildman–Crippen LogP) is 4.97. The number of aromatic nitrogens is 3. The maximum Gasteiger partial charge on any atom is 0.295 e. The molecule has 0 fully saturated rings. The molecule has 5 rings (SSSR count). The van der Waals surface area contributed by atoms with E-state index in [0.717, 1.165) is 22.2 Å². The van der Waals surface area contributed by atoms with Crippen LogP contribution in [0.1, 0.15) is 16.2 Å². The molecule has 0 aliphatic heterocycles. The predicted molar refractivity (Wildman–Crippen MR) is 144 cm³/mol. The molecule has 1 unspecified atom stereocenters. The van der Waals surface area contributed by atoms with Crippen LogP contribution in [0.5, 0.6) is 0 Å². The molecule has 0 spiro atoms. The van der Waals surface area contributed by atoms with Crippen molar-refractivity contribution in [3.05, 3.63) is 109 Å². The summed E-state index contributed by atoms with van der Waals surface area (Å²) in [4.78, 5) is 17.8. The quantitative estimate of drug-likeness (QED) is 0.282. The first-order chi connectivity index (χ1) is 17.6. The molecule has 2 aromatic heterocycles. The van der Waals surface area contributed by atoms with Gasteiger partial charge in [-0.3, -0.25) is 4.79 Å². The van der Waals surface area contributed by atoms with Gasteiger partial charge in [0.05, 0.1) is 0 Å². The van der Waals surface area contributed by atoms with Crippen LogP contribution in [-0.4, -0.2) is 31.0 Å². The summed E-state index contributed by atoms with van der Waals surface area (Å²) in [6.45, 7) is 0.538. The fourth-order valence-electron chi connectivity index (χ4n) is 3.89. The Hall–Kier alpha value is -4.50. The monoisotopic (exact) mass is 496 g/mol. The zero-order chi connectivity index (χ0) is 24.9. The van der Waals surface area contributed by atoms with Crippen molar-refractivity contribution in [2.45, 2.75) is 6.54 Å². The summed E-state index contributed by atoms with van der Waals surface area (Å²) in [6.07, 6.45) is 3.37. The lowest BCUT2D eigenvalue weighted by atomic mass is 10.1.